The van der Waals surface area contributed by atoms with Crippen LogP contribution in [0.4, 0.5) is 6.01 Å². The normalized spacial score (nSPS) is 17.8. The molecule has 2 fully saturated rings. The van der Waals surface area contributed by atoms with Crippen molar-refractivity contribution in [3.05, 3.63) is 42.2 Å². The van der Waals surface area contributed by atoms with E-state index in [2.05, 4.69) is 40.8 Å². The molecule has 0 amide bonds. The van der Waals surface area contributed by atoms with E-state index in [1.165, 1.54) is 11.3 Å². The van der Waals surface area contributed by atoms with Crippen LogP contribution in [0.15, 0.2) is 45.8 Å². The Morgan fingerprint density at radius 3 is 2.37 bits per heavy atom. The first kappa shape index (κ1) is 25.2. The highest BCUT2D eigenvalue weighted by Crippen LogP contribution is 2.35. The van der Waals surface area contributed by atoms with Gasteiger partial charge in [-0.15, -0.1) is 0 Å². The number of aromatic nitrogens is 4. The quantitative estimate of drug-likeness (QED) is 0.280. The number of piperidine rings is 1. The molecule has 1 aliphatic heterocycles. The Kier molecular flexibility index (Phi) is 6.59. The zero-order valence-electron chi connectivity index (χ0n) is 21.7. The highest BCUT2D eigenvalue weighted by molar-refractivity contribution is 7.92. The van der Waals surface area contributed by atoms with Gasteiger partial charge in [0.05, 0.1) is 15.8 Å². The lowest BCUT2D eigenvalue weighted by molar-refractivity contribution is 0.131. The summed E-state index contributed by atoms with van der Waals surface area (Å²) in [6.07, 6.45) is 3.48. The first-order valence-electron chi connectivity index (χ1n) is 13.1. The van der Waals surface area contributed by atoms with Gasteiger partial charge in [-0.1, -0.05) is 42.5 Å². The van der Waals surface area contributed by atoms with E-state index in [-0.39, 0.29) is 17.3 Å². The van der Waals surface area contributed by atoms with Gasteiger partial charge in [-0.05, 0) is 62.8 Å². The topological polar surface area (TPSA) is 111 Å². The number of anilines is 1. The Balaban J connectivity index is 1.09. The molecule has 1 aromatic carbocycles. The van der Waals surface area contributed by atoms with E-state index in [1.807, 2.05) is 24.3 Å². The van der Waals surface area contributed by atoms with Gasteiger partial charge in [-0.3, -0.25) is 0 Å². The number of benzene rings is 1. The highest BCUT2D eigenvalue weighted by Gasteiger charge is 2.36. The molecule has 0 N–H and O–H groups in total. The maximum Gasteiger partial charge on any atom is 0.324 e. The van der Waals surface area contributed by atoms with Gasteiger partial charge in [0.1, 0.15) is 16.5 Å². The first-order chi connectivity index (χ1) is 18.3. The average Bonchev–Trinajstić information content (AvgIpc) is 3.53. The summed E-state index contributed by atoms with van der Waals surface area (Å²) >= 11 is 1.44. The molecule has 0 unspecified atom stereocenters. The molecule has 4 heterocycles. The van der Waals surface area contributed by atoms with Crippen molar-refractivity contribution >= 4 is 37.5 Å². The van der Waals surface area contributed by atoms with Crippen LogP contribution in [0.2, 0.25) is 0 Å². The van der Waals surface area contributed by atoms with Gasteiger partial charge in [-0.25, -0.2) is 18.4 Å². The maximum absolute atomic E-state index is 12.5. The molecule has 200 valence electrons. The van der Waals surface area contributed by atoms with E-state index in [0.717, 1.165) is 66.2 Å². The van der Waals surface area contributed by atoms with Crippen LogP contribution >= 0.6 is 11.3 Å². The number of thiazole rings is 1. The number of pyridine rings is 1. The number of fused-ring (bicyclic) bond motifs is 1. The molecule has 11 heteroatoms. The molecule has 9 nitrogen and oxygen atoms in total. The van der Waals surface area contributed by atoms with Crippen LogP contribution < -0.4 is 9.64 Å². The Hall–Kier alpha value is -3.05. The monoisotopic (exact) mass is 553 g/mol. The molecule has 0 bridgehead atoms. The van der Waals surface area contributed by atoms with Gasteiger partial charge >= 0.3 is 6.01 Å². The molecule has 2 aliphatic rings. The van der Waals surface area contributed by atoms with Gasteiger partial charge in [0.15, 0.2) is 15.7 Å². The molecule has 4 aromatic rings. The minimum absolute atomic E-state index is 0.0204. The summed E-state index contributed by atoms with van der Waals surface area (Å²) in [6.45, 7) is 7.92. The second-order valence-electron chi connectivity index (χ2n) is 10.5. The van der Waals surface area contributed by atoms with Crippen molar-refractivity contribution < 1.29 is 17.7 Å². The highest BCUT2D eigenvalue weighted by atomic mass is 32.2. The Morgan fingerprint density at radius 1 is 0.974 bits per heavy atom. The van der Waals surface area contributed by atoms with Gasteiger partial charge in [0.25, 0.3) is 5.19 Å². The summed E-state index contributed by atoms with van der Waals surface area (Å²) < 4.78 is 36.7. The van der Waals surface area contributed by atoms with E-state index in [4.69, 9.17) is 14.2 Å². The molecule has 1 saturated carbocycles. The van der Waals surface area contributed by atoms with Crippen molar-refractivity contribution in [2.45, 2.75) is 68.6 Å². The van der Waals surface area contributed by atoms with Crippen LogP contribution in [0.25, 0.3) is 21.6 Å². The Labute approximate surface area is 226 Å². The van der Waals surface area contributed by atoms with Crippen molar-refractivity contribution in [2.75, 3.05) is 18.0 Å². The molecule has 6 rings (SSSR count). The Bertz CT molecular complexity index is 1540. The van der Waals surface area contributed by atoms with E-state index >= 15 is 0 Å². The molecule has 1 saturated heterocycles. The zero-order valence-corrected chi connectivity index (χ0v) is 23.3. The number of nitrogens with zero attached hydrogens (tertiary/aromatic N) is 5. The predicted molar refractivity (Wildman–Crippen MR) is 146 cm³/mol. The van der Waals surface area contributed by atoms with Gasteiger partial charge in [0.2, 0.25) is 0 Å². The van der Waals surface area contributed by atoms with Crippen molar-refractivity contribution in [2.24, 2.45) is 5.92 Å². The summed E-state index contributed by atoms with van der Waals surface area (Å²) in [5, 5.41) is 4.48. The number of hydrogen-bond acceptors (Lipinski definition) is 10. The summed E-state index contributed by atoms with van der Waals surface area (Å²) in [4.78, 5) is 17.3. The molecular weight excluding hydrogens is 522 g/mol. The lowest BCUT2D eigenvalue weighted by atomic mass is 9.92. The van der Waals surface area contributed by atoms with E-state index in [9.17, 15) is 8.42 Å². The molecule has 1 aliphatic carbocycles. The molecule has 0 spiro atoms. The summed E-state index contributed by atoms with van der Waals surface area (Å²) in [6, 6.07) is 11.5. The first-order valence-corrected chi connectivity index (χ1v) is 15.5. The summed E-state index contributed by atoms with van der Waals surface area (Å²) in [7, 11) is -3.19. The predicted octanol–water partition coefficient (Wildman–Crippen LogP) is 5.48. The van der Waals surface area contributed by atoms with Gasteiger partial charge in [-0.2, -0.15) is 4.98 Å². The number of rotatable bonds is 8. The van der Waals surface area contributed by atoms with Crippen LogP contribution in [-0.2, 0) is 9.84 Å². The number of ether oxygens (including phenoxy) is 1. The lowest BCUT2D eigenvalue weighted by Gasteiger charge is -2.33. The van der Waals surface area contributed by atoms with E-state index in [1.54, 1.807) is 12.1 Å². The number of sulfone groups is 1. The van der Waals surface area contributed by atoms with Gasteiger partial charge in [0, 0.05) is 24.6 Å². The molecule has 3 aromatic heterocycles. The SMILES string of the molecule is CC(C)c1noc(N2CCC([C@H](C)Oc3nc4ccc(-c5ccc(S(=O)(=O)C6CC6)cc5)nc4s3)CC2)n1. The third kappa shape index (κ3) is 5.01. The average molecular weight is 554 g/mol. The van der Waals surface area contributed by atoms with E-state index in [0.29, 0.717) is 22.0 Å². The van der Waals surface area contributed by atoms with Crippen LogP contribution in [0.5, 0.6) is 5.19 Å². The fraction of sp³-hybridized carbons (Fsp3) is 0.481. The summed E-state index contributed by atoms with van der Waals surface area (Å²) in [5.41, 5.74) is 2.45. The minimum atomic E-state index is -3.19. The van der Waals surface area contributed by atoms with Crippen molar-refractivity contribution in [1.29, 1.82) is 0 Å². The third-order valence-corrected chi connectivity index (χ3v) is 10.5. The standard InChI is InChI=1S/C27H31N5O4S2/c1-16(2)24-30-26(36-31-24)32-14-12-18(13-15-32)17(3)35-27-29-23-11-10-22(28-25(23)37-27)19-4-6-20(7-5-19)38(33,34)21-8-9-21/h4-7,10-11,16-18,21H,8-9,12-15H2,1-3H3/t17-/m0/s1. The molecular formula is C27H31N5O4S2. The fourth-order valence-electron chi connectivity index (χ4n) is 4.80. The Morgan fingerprint density at radius 2 is 1.71 bits per heavy atom. The van der Waals surface area contributed by atoms with Crippen molar-refractivity contribution in [3.63, 3.8) is 0 Å². The van der Waals surface area contributed by atoms with Crippen LogP contribution in [-0.4, -0.2) is 53.0 Å². The van der Waals surface area contributed by atoms with Gasteiger partial charge < -0.3 is 14.2 Å². The van der Waals surface area contributed by atoms with Crippen molar-refractivity contribution in [3.8, 4) is 16.5 Å². The number of hydrogen-bond donors (Lipinski definition) is 0. The molecule has 0 radical (unpaired) electrons. The smallest absolute Gasteiger partial charge is 0.324 e. The molecule has 1 atom stereocenters. The summed E-state index contributed by atoms with van der Waals surface area (Å²) in [5.74, 6) is 1.39. The lowest BCUT2D eigenvalue weighted by Crippen LogP contribution is -2.38. The zero-order chi connectivity index (χ0) is 26.4. The maximum atomic E-state index is 12.5. The van der Waals surface area contributed by atoms with E-state index < -0.39 is 9.84 Å². The van der Waals surface area contributed by atoms with Crippen LogP contribution in [0, 0.1) is 5.92 Å². The molecule has 38 heavy (non-hydrogen) atoms. The fourth-order valence-corrected chi connectivity index (χ4v) is 7.33. The van der Waals surface area contributed by atoms with Crippen LogP contribution in [0.3, 0.4) is 0 Å². The second-order valence-corrected chi connectivity index (χ2v) is 13.7. The van der Waals surface area contributed by atoms with Crippen LogP contribution in [0.1, 0.15) is 58.2 Å². The van der Waals surface area contributed by atoms with Crippen molar-refractivity contribution in [1.82, 2.24) is 20.1 Å². The third-order valence-electron chi connectivity index (χ3n) is 7.39. The largest absolute Gasteiger partial charge is 0.467 e. The minimum Gasteiger partial charge on any atom is -0.467 e. The second kappa shape index (κ2) is 9.92.